The van der Waals surface area contributed by atoms with Gasteiger partial charge in [0.05, 0.1) is 28.2 Å². The Morgan fingerprint density at radius 1 is 1.10 bits per heavy atom. The van der Waals surface area contributed by atoms with E-state index in [1.54, 1.807) is 41.2 Å². The van der Waals surface area contributed by atoms with E-state index in [1.165, 1.54) is 0 Å². The minimum Gasteiger partial charge on any atom is -0.304 e. The van der Waals surface area contributed by atoms with Crippen LogP contribution in [0.3, 0.4) is 0 Å². The van der Waals surface area contributed by atoms with Gasteiger partial charge < -0.3 is 4.90 Å². The van der Waals surface area contributed by atoms with Crippen LogP contribution in [-0.2, 0) is 22.0 Å². The van der Waals surface area contributed by atoms with Crippen molar-refractivity contribution in [1.29, 1.82) is 0 Å². The largest absolute Gasteiger partial charge is 0.304 e. The van der Waals surface area contributed by atoms with Crippen molar-refractivity contribution in [2.75, 3.05) is 18.8 Å². The zero-order chi connectivity index (χ0) is 22.1. The molecule has 3 aromatic rings. The molecule has 9 heteroatoms. The quantitative estimate of drug-likeness (QED) is 0.615. The van der Waals surface area contributed by atoms with Crippen molar-refractivity contribution in [1.82, 2.24) is 19.9 Å². The van der Waals surface area contributed by atoms with Gasteiger partial charge in [-0.05, 0) is 55.4 Å². The molecule has 0 bridgehead atoms. The van der Waals surface area contributed by atoms with Crippen molar-refractivity contribution in [2.24, 2.45) is 0 Å². The smallest absolute Gasteiger partial charge is 0.261 e. The van der Waals surface area contributed by atoms with Crippen molar-refractivity contribution in [3.63, 3.8) is 0 Å². The third-order valence-corrected chi connectivity index (χ3v) is 6.18. The van der Waals surface area contributed by atoms with Crippen LogP contribution in [0.15, 0.2) is 53.6 Å². The molecule has 0 aliphatic rings. The second-order valence-electron chi connectivity index (χ2n) is 8.42. The van der Waals surface area contributed by atoms with Crippen LogP contribution in [0.2, 0.25) is 5.02 Å². The maximum atomic E-state index is 13.0. The summed E-state index contributed by atoms with van der Waals surface area (Å²) in [6.07, 6.45) is 1.64. The van der Waals surface area contributed by atoms with Crippen molar-refractivity contribution >= 4 is 27.3 Å². The second-order valence-corrected chi connectivity index (χ2v) is 10.5. The molecule has 0 amide bonds. The number of nitrogens with one attached hydrogen (secondary N) is 1. The Bertz CT molecular complexity index is 1130. The molecule has 1 heterocycles. The number of nitrogens with zero attached hydrogens (tertiary/aromatic N) is 4. The first kappa shape index (κ1) is 22.3. The lowest BCUT2D eigenvalue weighted by Gasteiger charge is -2.19. The predicted molar refractivity (Wildman–Crippen MR) is 120 cm³/mol. The molecule has 0 aliphatic carbocycles. The number of aromatic nitrogens is 3. The Labute approximate surface area is 182 Å². The molecule has 0 radical (unpaired) electrons. The summed E-state index contributed by atoms with van der Waals surface area (Å²) < 4.78 is 30.3. The summed E-state index contributed by atoms with van der Waals surface area (Å²) in [6.45, 7) is 6.83. The van der Waals surface area contributed by atoms with Crippen molar-refractivity contribution in [2.45, 2.75) is 37.6 Å². The van der Waals surface area contributed by atoms with E-state index < -0.39 is 10.0 Å². The Morgan fingerprint density at radius 2 is 1.77 bits per heavy atom. The highest BCUT2D eigenvalue weighted by atomic mass is 35.5. The van der Waals surface area contributed by atoms with E-state index in [-0.39, 0.29) is 10.3 Å². The maximum Gasteiger partial charge on any atom is 0.261 e. The lowest BCUT2D eigenvalue weighted by molar-refractivity contribution is 0.391. The molecule has 0 saturated carbocycles. The standard InChI is InChI=1S/C21H26ClN5O2S/c1-21(2,3)15-6-9-18(10-7-15)30(28,29)24-19-11-8-16(22)12-20(19)27-17(13-23-25-27)14-26(4)5/h6-13,24H,14H2,1-5H3. The molecule has 0 unspecified atom stereocenters. The van der Waals surface area contributed by atoms with Crippen molar-refractivity contribution in [3.8, 4) is 5.69 Å². The molecular formula is C21H26ClN5O2S. The van der Waals surface area contributed by atoms with Crippen LogP contribution in [0.1, 0.15) is 32.0 Å². The molecule has 7 nitrogen and oxygen atoms in total. The average molecular weight is 448 g/mol. The lowest BCUT2D eigenvalue weighted by Crippen LogP contribution is -2.18. The first-order chi connectivity index (χ1) is 14.0. The Hall–Kier alpha value is -2.42. The van der Waals surface area contributed by atoms with E-state index in [0.29, 0.717) is 22.9 Å². The number of hydrogen-bond acceptors (Lipinski definition) is 5. The minimum absolute atomic E-state index is 0.0605. The summed E-state index contributed by atoms with van der Waals surface area (Å²) in [5.74, 6) is 0. The van der Waals surface area contributed by atoms with Crippen molar-refractivity contribution < 1.29 is 8.42 Å². The normalized spacial score (nSPS) is 12.4. The van der Waals surface area contributed by atoms with Gasteiger partial charge in [0, 0.05) is 11.6 Å². The van der Waals surface area contributed by atoms with Crippen LogP contribution in [0.4, 0.5) is 5.69 Å². The third kappa shape index (κ3) is 5.00. The molecule has 0 fully saturated rings. The van der Waals surface area contributed by atoms with Gasteiger partial charge in [-0.25, -0.2) is 13.1 Å². The predicted octanol–water partition coefficient (Wildman–Crippen LogP) is 4.08. The molecule has 3 rings (SSSR count). The summed E-state index contributed by atoms with van der Waals surface area (Å²) in [5, 5.41) is 8.57. The van der Waals surface area contributed by atoms with Gasteiger partial charge in [0.25, 0.3) is 10.0 Å². The summed E-state index contributed by atoms with van der Waals surface area (Å²) in [6, 6.07) is 11.8. The lowest BCUT2D eigenvalue weighted by atomic mass is 9.87. The fraction of sp³-hybridized carbons (Fsp3) is 0.333. The van der Waals surface area contributed by atoms with E-state index in [1.807, 2.05) is 31.1 Å². The fourth-order valence-electron chi connectivity index (χ4n) is 3.00. The monoisotopic (exact) mass is 447 g/mol. The molecule has 160 valence electrons. The molecule has 2 aromatic carbocycles. The fourth-order valence-corrected chi connectivity index (χ4v) is 4.24. The number of sulfonamides is 1. The third-order valence-electron chi connectivity index (χ3n) is 4.56. The number of hydrogen-bond donors (Lipinski definition) is 1. The topological polar surface area (TPSA) is 80.1 Å². The summed E-state index contributed by atoms with van der Waals surface area (Å²) in [4.78, 5) is 2.16. The molecule has 1 aromatic heterocycles. The highest BCUT2D eigenvalue weighted by Gasteiger charge is 2.20. The molecule has 0 atom stereocenters. The first-order valence-electron chi connectivity index (χ1n) is 9.45. The van der Waals surface area contributed by atoms with E-state index in [9.17, 15) is 8.42 Å². The molecule has 0 aliphatic heterocycles. The van der Waals surface area contributed by atoms with Crippen LogP contribution in [-0.4, -0.2) is 42.4 Å². The zero-order valence-electron chi connectivity index (χ0n) is 17.7. The Morgan fingerprint density at radius 3 is 2.37 bits per heavy atom. The molecule has 30 heavy (non-hydrogen) atoms. The SMILES string of the molecule is CN(C)Cc1cnnn1-c1cc(Cl)ccc1NS(=O)(=O)c1ccc(C(C)(C)C)cc1. The van der Waals surface area contributed by atoms with Gasteiger partial charge in [-0.2, -0.15) is 0 Å². The van der Waals surface area contributed by atoms with Gasteiger partial charge in [0.1, 0.15) is 0 Å². The van der Waals surface area contributed by atoms with Gasteiger partial charge in [-0.15, -0.1) is 5.10 Å². The average Bonchev–Trinajstić information content (AvgIpc) is 3.09. The highest BCUT2D eigenvalue weighted by Crippen LogP contribution is 2.28. The van der Waals surface area contributed by atoms with E-state index in [4.69, 9.17) is 11.6 Å². The van der Waals surface area contributed by atoms with Crippen LogP contribution < -0.4 is 4.72 Å². The number of rotatable bonds is 6. The zero-order valence-corrected chi connectivity index (χ0v) is 19.3. The molecule has 1 N–H and O–H groups in total. The van der Waals surface area contributed by atoms with E-state index in [0.717, 1.165) is 11.3 Å². The number of benzene rings is 2. The Kier molecular flexibility index (Phi) is 6.21. The number of halogens is 1. The molecular weight excluding hydrogens is 422 g/mol. The van der Waals surface area contributed by atoms with Crippen LogP contribution in [0.5, 0.6) is 0 Å². The van der Waals surface area contributed by atoms with Gasteiger partial charge in [-0.3, -0.25) is 4.72 Å². The summed E-state index contributed by atoms with van der Waals surface area (Å²) in [7, 11) is 0.0585. The number of anilines is 1. The second kappa shape index (κ2) is 8.37. The van der Waals surface area contributed by atoms with Gasteiger partial charge in [0.15, 0.2) is 0 Å². The van der Waals surface area contributed by atoms with Gasteiger partial charge in [0.2, 0.25) is 0 Å². The highest BCUT2D eigenvalue weighted by molar-refractivity contribution is 7.92. The van der Waals surface area contributed by atoms with Crippen LogP contribution in [0.25, 0.3) is 5.69 Å². The Balaban J connectivity index is 1.98. The summed E-state index contributed by atoms with van der Waals surface area (Å²) >= 11 is 6.19. The van der Waals surface area contributed by atoms with Crippen LogP contribution >= 0.6 is 11.6 Å². The first-order valence-corrected chi connectivity index (χ1v) is 11.3. The van der Waals surface area contributed by atoms with Crippen LogP contribution in [0, 0.1) is 0 Å². The summed E-state index contributed by atoms with van der Waals surface area (Å²) in [5.41, 5.74) is 2.67. The van der Waals surface area contributed by atoms with E-state index in [2.05, 4.69) is 35.8 Å². The maximum absolute atomic E-state index is 13.0. The van der Waals surface area contributed by atoms with Gasteiger partial charge >= 0.3 is 0 Å². The van der Waals surface area contributed by atoms with Gasteiger partial charge in [-0.1, -0.05) is 49.7 Å². The van der Waals surface area contributed by atoms with Crippen molar-refractivity contribution in [3.05, 3.63) is 64.9 Å². The van der Waals surface area contributed by atoms with E-state index >= 15 is 0 Å². The molecule has 0 spiro atoms. The molecule has 0 saturated heterocycles. The minimum atomic E-state index is -3.80.